The van der Waals surface area contributed by atoms with E-state index < -0.39 is 22.8 Å². The second kappa shape index (κ2) is 8.89. The van der Waals surface area contributed by atoms with Crippen LogP contribution < -0.4 is 10.6 Å². The van der Waals surface area contributed by atoms with E-state index in [0.29, 0.717) is 13.0 Å². The van der Waals surface area contributed by atoms with Gasteiger partial charge in [0.2, 0.25) is 0 Å². The molecule has 156 valence electrons. The van der Waals surface area contributed by atoms with Gasteiger partial charge in [-0.25, -0.2) is 4.79 Å². The molecular formula is C19H17ClN4O6. The normalized spacial score (nSPS) is 12.7. The zero-order chi connectivity index (χ0) is 21.8. The number of urea groups is 1. The summed E-state index contributed by atoms with van der Waals surface area (Å²) < 4.78 is 4.94. The number of benzene rings is 2. The van der Waals surface area contributed by atoms with Gasteiger partial charge in [0.15, 0.2) is 0 Å². The fourth-order valence-electron chi connectivity index (χ4n) is 2.95. The lowest BCUT2D eigenvalue weighted by Gasteiger charge is -2.12. The summed E-state index contributed by atoms with van der Waals surface area (Å²) in [6.45, 7) is 0.648. The molecule has 2 aromatic carbocycles. The van der Waals surface area contributed by atoms with Crippen molar-refractivity contribution in [3.05, 3.63) is 62.7 Å². The van der Waals surface area contributed by atoms with Crippen molar-refractivity contribution >= 4 is 46.5 Å². The minimum Gasteiger partial charge on any atom is -0.385 e. The Kier molecular flexibility index (Phi) is 6.28. The number of methoxy groups -OCH3 is 1. The van der Waals surface area contributed by atoms with Crippen molar-refractivity contribution in [1.82, 2.24) is 4.90 Å². The highest BCUT2D eigenvalue weighted by Crippen LogP contribution is 2.28. The number of hydrogen-bond donors (Lipinski definition) is 2. The number of nitro benzene ring substituents is 1. The maximum absolute atomic E-state index is 12.5. The van der Waals surface area contributed by atoms with E-state index in [2.05, 4.69) is 10.6 Å². The number of anilines is 2. The molecule has 1 aliphatic rings. The average molecular weight is 433 g/mol. The first-order valence-electron chi connectivity index (χ1n) is 8.83. The van der Waals surface area contributed by atoms with Crippen molar-refractivity contribution in [3.63, 3.8) is 0 Å². The summed E-state index contributed by atoms with van der Waals surface area (Å²) in [5.74, 6) is -0.845. The number of ether oxygens (including phenoxy) is 1. The minimum atomic E-state index is -0.717. The van der Waals surface area contributed by atoms with Crippen LogP contribution in [0.4, 0.5) is 21.9 Å². The van der Waals surface area contributed by atoms with E-state index >= 15 is 0 Å². The van der Waals surface area contributed by atoms with Crippen molar-refractivity contribution in [1.29, 1.82) is 0 Å². The Morgan fingerprint density at radius 2 is 1.87 bits per heavy atom. The van der Waals surface area contributed by atoms with Crippen LogP contribution in [0.5, 0.6) is 0 Å². The second-order valence-electron chi connectivity index (χ2n) is 6.37. The standard InChI is InChI=1S/C19H17ClN4O6/c1-30-8-2-7-23-17(25)13-5-3-11(9-14(13)18(23)26)21-19(27)22-16-10-12(24(28)29)4-6-15(16)20/h3-6,9-10H,2,7-8H2,1H3,(H2,21,22,27). The molecule has 0 unspecified atom stereocenters. The molecule has 3 rings (SSSR count). The van der Waals surface area contributed by atoms with E-state index in [-0.39, 0.29) is 39.8 Å². The Morgan fingerprint density at radius 3 is 2.57 bits per heavy atom. The van der Waals surface area contributed by atoms with Crippen LogP contribution in [0.15, 0.2) is 36.4 Å². The van der Waals surface area contributed by atoms with E-state index in [1.54, 1.807) is 0 Å². The number of nitrogens with one attached hydrogen (secondary N) is 2. The number of nitro groups is 1. The maximum Gasteiger partial charge on any atom is 0.323 e. The van der Waals surface area contributed by atoms with Gasteiger partial charge in [-0.2, -0.15) is 0 Å². The number of imide groups is 1. The van der Waals surface area contributed by atoms with Crippen LogP contribution in [0.2, 0.25) is 5.02 Å². The fraction of sp³-hybridized carbons (Fsp3) is 0.211. The van der Waals surface area contributed by atoms with Crippen LogP contribution in [-0.4, -0.2) is 47.9 Å². The van der Waals surface area contributed by atoms with Crippen molar-refractivity contribution in [2.24, 2.45) is 0 Å². The Morgan fingerprint density at radius 1 is 1.13 bits per heavy atom. The molecule has 10 nitrogen and oxygen atoms in total. The van der Waals surface area contributed by atoms with Crippen LogP contribution in [0.3, 0.4) is 0 Å². The molecule has 4 amide bonds. The molecule has 0 radical (unpaired) electrons. The summed E-state index contributed by atoms with van der Waals surface area (Å²) in [6, 6.07) is 7.27. The second-order valence-corrected chi connectivity index (χ2v) is 6.78. The van der Waals surface area contributed by atoms with E-state index in [4.69, 9.17) is 16.3 Å². The Bertz CT molecular complexity index is 1040. The third-order valence-electron chi connectivity index (χ3n) is 4.37. The molecule has 0 aromatic heterocycles. The first kappa shape index (κ1) is 21.2. The number of amides is 4. The molecule has 30 heavy (non-hydrogen) atoms. The lowest BCUT2D eigenvalue weighted by molar-refractivity contribution is -0.384. The number of nitrogens with zero attached hydrogens (tertiary/aromatic N) is 2. The Labute approximate surface area is 175 Å². The first-order valence-corrected chi connectivity index (χ1v) is 9.20. The molecule has 0 spiro atoms. The molecule has 1 heterocycles. The zero-order valence-corrected chi connectivity index (χ0v) is 16.6. The molecule has 0 atom stereocenters. The maximum atomic E-state index is 12.5. The van der Waals surface area contributed by atoms with Gasteiger partial charge in [0, 0.05) is 38.1 Å². The topological polar surface area (TPSA) is 131 Å². The molecule has 2 aromatic rings. The van der Waals surface area contributed by atoms with Crippen LogP contribution in [0.1, 0.15) is 27.1 Å². The van der Waals surface area contributed by atoms with Gasteiger partial charge in [0.05, 0.1) is 26.8 Å². The Balaban J connectivity index is 1.72. The predicted octanol–water partition coefficient (Wildman–Crippen LogP) is 3.52. The monoisotopic (exact) mass is 432 g/mol. The molecule has 11 heteroatoms. The van der Waals surface area contributed by atoms with E-state index in [9.17, 15) is 24.5 Å². The molecular weight excluding hydrogens is 416 g/mol. The lowest BCUT2D eigenvalue weighted by Crippen LogP contribution is -2.31. The molecule has 0 saturated carbocycles. The number of halogens is 1. The smallest absolute Gasteiger partial charge is 0.323 e. The summed E-state index contributed by atoms with van der Waals surface area (Å²) >= 11 is 5.97. The molecule has 0 aliphatic carbocycles. The number of rotatable bonds is 7. The summed E-state index contributed by atoms with van der Waals surface area (Å²) in [5.41, 5.74) is 0.534. The van der Waals surface area contributed by atoms with Gasteiger partial charge < -0.3 is 15.4 Å². The quantitative estimate of drug-likeness (QED) is 0.298. The molecule has 1 aliphatic heterocycles. The van der Waals surface area contributed by atoms with Gasteiger partial charge in [0.25, 0.3) is 17.5 Å². The largest absolute Gasteiger partial charge is 0.385 e. The van der Waals surface area contributed by atoms with Crippen LogP contribution in [-0.2, 0) is 4.74 Å². The molecule has 0 saturated heterocycles. The van der Waals surface area contributed by atoms with Crippen molar-refractivity contribution in [3.8, 4) is 0 Å². The average Bonchev–Trinajstić information content (AvgIpc) is 2.94. The van der Waals surface area contributed by atoms with Gasteiger partial charge in [-0.05, 0) is 30.7 Å². The predicted molar refractivity (Wildman–Crippen MR) is 109 cm³/mol. The molecule has 2 N–H and O–H groups in total. The van der Waals surface area contributed by atoms with Crippen molar-refractivity contribution in [2.45, 2.75) is 6.42 Å². The number of non-ortho nitro benzene ring substituents is 1. The third kappa shape index (κ3) is 4.39. The number of carbonyl (C=O) groups is 3. The number of hydrogen-bond acceptors (Lipinski definition) is 6. The fourth-order valence-corrected chi connectivity index (χ4v) is 3.11. The SMILES string of the molecule is COCCCN1C(=O)c2ccc(NC(=O)Nc3cc([N+](=O)[O-])ccc3Cl)cc2C1=O. The van der Waals surface area contributed by atoms with Gasteiger partial charge in [0.1, 0.15) is 0 Å². The molecule has 0 bridgehead atoms. The number of fused-ring (bicyclic) bond motifs is 1. The van der Waals surface area contributed by atoms with Crippen LogP contribution >= 0.6 is 11.6 Å². The highest BCUT2D eigenvalue weighted by Gasteiger charge is 2.35. The summed E-state index contributed by atoms with van der Waals surface area (Å²) in [7, 11) is 1.53. The Hall–Kier alpha value is -3.50. The zero-order valence-electron chi connectivity index (χ0n) is 15.8. The van der Waals surface area contributed by atoms with Gasteiger partial charge in [-0.3, -0.25) is 24.6 Å². The first-order chi connectivity index (χ1) is 14.3. The highest BCUT2D eigenvalue weighted by atomic mass is 35.5. The van der Waals surface area contributed by atoms with E-state index in [1.165, 1.54) is 37.4 Å². The minimum absolute atomic E-state index is 0.0556. The summed E-state index contributed by atoms with van der Waals surface area (Å²) in [5, 5.41) is 15.9. The van der Waals surface area contributed by atoms with Crippen molar-refractivity contribution in [2.75, 3.05) is 30.9 Å². The van der Waals surface area contributed by atoms with Crippen LogP contribution in [0, 0.1) is 10.1 Å². The van der Waals surface area contributed by atoms with Crippen molar-refractivity contribution < 1.29 is 24.0 Å². The van der Waals surface area contributed by atoms with Gasteiger partial charge in [-0.1, -0.05) is 11.6 Å². The van der Waals surface area contributed by atoms with Crippen LogP contribution in [0.25, 0.3) is 0 Å². The lowest BCUT2D eigenvalue weighted by atomic mass is 10.1. The van der Waals surface area contributed by atoms with E-state index in [1.807, 2.05) is 0 Å². The van der Waals surface area contributed by atoms with E-state index in [0.717, 1.165) is 11.0 Å². The highest BCUT2D eigenvalue weighted by molar-refractivity contribution is 6.34. The summed E-state index contributed by atoms with van der Waals surface area (Å²) in [6.07, 6.45) is 0.513. The van der Waals surface area contributed by atoms with Gasteiger partial charge in [-0.15, -0.1) is 0 Å². The molecule has 0 fully saturated rings. The third-order valence-corrected chi connectivity index (χ3v) is 4.70. The summed E-state index contributed by atoms with van der Waals surface area (Å²) in [4.78, 5) is 48.6. The van der Waals surface area contributed by atoms with Gasteiger partial charge >= 0.3 is 6.03 Å². The number of carbonyl (C=O) groups excluding carboxylic acids is 3.